The molecule has 96 valence electrons. The van der Waals surface area contributed by atoms with Crippen molar-refractivity contribution in [3.05, 3.63) is 0 Å². The Bertz CT molecular complexity index is 185. The first-order valence-corrected chi connectivity index (χ1v) is 6.95. The maximum Gasteiger partial charge on any atom is 0.0499 e. The highest BCUT2D eigenvalue weighted by Crippen LogP contribution is 2.36. The molecule has 0 radical (unpaired) electrons. The van der Waals surface area contributed by atoms with Crippen molar-refractivity contribution in [2.75, 3.05) is 26.2 Å². The monoisotopic (exact) mass is 227 g/mol. The topological polar surface area (TPSA) is 23.5 Å². The Morgan fingerprint density at radius 2 is 1.81 bits per heavy atom. The molecule has 0 atom stereocenters. The highest BCUT2D eigenvalue weighted by Gasteiger charge is 2.32. The molecule has 0 aromatic heterocycles. The maximum atomic E-state index is 9.69. The molecule has 0 amide bonds. The van der Waals surface area contributed by atoms with Crippen LogP contribution in [-0.2, 0) is 0 Å². The minimum atomic E-state index is 0.211. The van der Waals surface area contributed by atoms with Gasteiger partial charge in [0.1, 0.15) is 0 Å². The maximum absolute atomic E-state index is 9.69. The molecule has 1 saturated carbocycles. The van der Waals surface area contributed by atoms with Gasteiger partial charge in [-0.25, -0.2) is 0 Å². The highest BCUT2D eigenvalue weighted by molar-refractivity contribution is 4.85. The molecule has 0 aromatic rings. The Morgan fingerprint density at radius 3 is 2.25 bits per heavy atom. The fraction of sp³-hybridized carbons (Fsp3) is 1.00. The van der Waals surface area contributed by atoms with E-state index in [0.29, 0.717) is 6.61 Å². The van der Waals surface area contributed by atoms with E-state index in [1.165, 1.54) is 32.1 Å². The normalized spacial score (nSPS) is 20.6. The largest absolute Gasteiger partial charge is 0.396 e. The Hall–Kier alpha value is -0.0800. The summed E-state index contributed by atoms with van der Waals surface area (Å²) in [5, 5.41) is 9.69. The van der Waals surface area contributed by atoms with Gasteiger partial charge in [-0.15, -0.1) is 0 Å². The van der Waals surface area contributed by atoms with Crippen LogP contribution >= 0.6 is 0 Å². The Labute approximate surface area is 101 Å². The van der Waals surface area contributed by atoms with Crippen molar-refractivity contribution in [2.24, 2.45) is 11.3 Å². The fourth-order valence-corrected chi connectivity index (χ4v) is 2.96. The summed E-state index contributed by atoms with van der Waals surface area (Å²) in [6.07, 6.45) is 6.41. The molecule has 1 aliphatic rings. The van der Waals surface area contributed by atoms with Crippen molar-refractivity contribution in [1.82, 2.24) is 4.90 Å². The van der Waals surface area contributed by atoms with Crippen LogP contribution in [0.2, 0.25) is 0 Å². The van der Waals surface area contributed by atoms with E-state index < -0.39 is 0 Å². The first-order chi connectivity index (χ1) is 7.62. The van der Waals surface area contributed by atoms with Crippen LogP contribution in [-0.4, -0.2) is 36.2 Å². The van der Waals surface area contributed by atoms with Crippen molar-refractivity contribution < 1.29 is 5.11 Å². The Balaban J connectivity index is 2.51. The molecule has 0 saturated heterocycles. The molecule has 1 rings (SSSR count). The molecular formula is C14H29NO. The van der Waals surface area contributed by atoms with Crippen molar-refractivity contribution in [2.45, 2.75) is 52.9 Å². The van der Waals surface area contributed by atoms with Gasteiger partial charge in [0.15, 0.2) is 0 Å². The van der Waals surface area contributed by atoms with E-state index in [9.17, 15) is 5.11 Å². The standard InChI is InChI=1S/C14H29NO/c1-4-15(10-13(2)3)11-14(12-16)8-6-5-7-9-14/h13,16H,4-12H2,1-3H3. The highest BCUT2D eigenvalue weighted by atomic mass is 16.3. The van der Waals surface area contributed by atoms with Crippen molar-refractivity contribution in [1.29, 1.82) is 0 Å². The minimum absolute atomic E-state index is 0.211. The predicted molar refractivity (Wildman–Crippen MR) is 69.6 cm³/mol. The zero-order valence-electron chi connectivity index (χ0n) is 11.3. The van der Waals surface area contributed by atoms with Gasteiger partial charge in [-0.2, -0.15) is 0 Å². The molecular weight excluding hydrogens is 198 g/mol. The second-order valence-electron chi connectivity index (χ2n) is 5.94. The Kier molecular flexibility index (Phi) is 5.77. The molecule has 0 heterocycles. The minimum Gasteiger partial charge on any atom is -0.396 e. The first-order valence-electron chi connectivity index (χ1n) is 6.95. The molecule has 1 N–H and O–H groups in total. The van der Waals surface area contributed by atoms with Crippen LogP contribution in [0.25, 0.3) is 0 Å². The molecule has 16 heavy (non-hydrogen) atoms. The summed E-state index contributed by atoms with van der Waals surface area (Å²) < 4.78 is 0. The summed E-state index contributed by atoms with van der Waals surface area (Å²) in [4.78, 5) is 2.52. The molecule has 1 aliphatic carbocycles. The summed E-state index contributed by atoms with van der Waals surface area (Å²) in [6, 6.07) is 0. The second kappa shape index (κ2) is 6.61. The van der Waals surface area contributed by atoms with Crippen molar-refractivity contribution in [3.8, 4) is 0 Å². The quantitative estimate of drug-likeness (QED) is 0.754. The van der Waals surface area contributed by atoms with E-state index in [4.69, 9.17) is 0 Å². The van der Waals surface area contributed by atoms with E-state index in [0.717, 1.165) is 25.6 Å². The average Bonchev–Trinajstić information content (AvgIpc) is 2.29. The van der Waals surface area contributed by atoms with Crippen LogP contribution in [0.3, 0.4) is 0 Å². The van der Waals surface area contributed by atoms with Gasteiger partial charge in [0.05, 0.1) is 0 Å². The lowest BCUT2D eigenvalue weighted by molar-refractivity contribution is 0.0385. The van der Waals surface area contributed by atoms with Gasteiger partial charge < -0.3 is 10.0 Å². The molecule has 2 heteroatoms. The van der Waals surface area contributed by atoms with E-state index in [2.05, 4.69) is 25.7 Å². The third-order valence-electron chi connectivity index (χ3n) is 3.88. The zero-order chi connectivity index (χ0) is 12.0. The van der Waals surface area contributed by atoms with Gasteiger partial charge in [-0.3, -0.25) is 0 Å². The zero-order valence-corrected chi connectivity index (χ0v) is 11.3. The molecule has 0 aliphatic heterocycles. The number of aliphatic hydroxyl groups is 1. The van der Waals surface area contributed by atoms with Crippen LogP contribution in [0.4, 0.5) is 0 Å². The number of hydrogen-bond acceptors (Lipinski definition) is 2. The smallest absolute Gasteiger partial charge is 0.0499 e. The lowest BCUT2D eigenvalue weighted by Gasteiger charge is -2.40. The number of aliphatic hydroxyl groups excluding tert-OH is 1. The number of rotatable bonds is 6. The van der Waals surface area contributed by atoms with Gasteiger partial charge in [-0.1, -0.05) is 40.0 Å². The first kappa shape index (κ1) is 14.0. The van der Waals surface area contributed by atoms with Gasteiger partial charge in [0.25, 0.3) is 0 Å². The SMILES string of the molecule is CCN(CC(C)C)CC1(CO)CCCCC1. The second-order valence-corrected chi connectivity index (χ2v) is 5.94. The van der Waals surface area contributed by atoms with Crippen LogP contribution in [0.5, 0.6) is 0 Å². The van der Waals surface area contributed by atoms with E-state index in [1.54, 1.807) is 0 Å². The van der Waals surface area contributed by atoms with E-state index in [-0.39, 0.29) is 5.41 Å². The molecule has 0 aromatic carbocycles. The Morgan fingerprint density at radius 1 is 1.19 bits per heavy atom. The summed E-state index contributed by atoms with van der Waals surface area (Å²) in [5.41, 5.74) is 0.211. The summed E-state index contributed by atoms with van der Waals surface area (Å²) in [7, 11) is 0. The third-order valence-corrected chi connectivity index (χ3v) is 3.88. The van der Waals surface area contributed by atoms with Crippen LogP contribution in [0.15, 0.2) is 0 Å². The van der Waals surface area contributed by atoms with E-state index >= 15 is 0 Å². The molecule has 1 fully saturated rings. The molecule has 0 unspecified atom stereocenters. The fourth-order valence-electron chi connectivity index (χ4n) is 2.96. The lowest BCUT2D eigenvalue weighted by Crippen LogP contribution is -2.42. The van der Waals surface area contributed by atoms with Gasteiger partial charge >= 0.3 is 0 Å². The van der Waals surface area contributed by atoms with E-state index in [1.807, 2.05) is 0 Å². The van der Waals surface area contributed by atoms with Crippen molar-refractivity contribution in [3.63, 3.8) is 0 Å². The summed E-state index contributed by atoms with van der Waals surface area (Å²) in [6.45, 7) is 10.5. The number of hydrogen-bond donors (Lipinski definition) is 1. The predicted octanol–water partition coefficient (Wildman–Crippen LogP) is 2.91. The molecule has 0 spiro atoms. The summed E-state index contributed by atoms with van der Waals surface area (Å²) in [5.74, 6) is 0.722. The average molecular weight is 227 g/mol. The lowest BCUT2D eigenvalue weighted by atomic mass is 9.74. The molecule has 0 bridgehead atoms. The van der Waals surface area contributed by atoms with Crippen LogP contribution in [0.1, 0.15) is 52.9 Å². The van der Waals surface area contributed by atoms with Crippen LogP contribution < -0.4 is 0 Å². The van der Waals surface area contributed by atoms with Crippen molar-refractivity contribution >= 4 is 0 Å². The van der Waals surface area contributed by atoms with Gasteiger partial charge in [0.2, 0.25) is 0 Å². The van der Waals surface area contributed by atoms with Gasteiger partial charge in [-0.05, 0) is 25.3 Å². The van der Waals surface area contributed by atoms with Crippen LogP contribution in [0, 0.1) is 11.3 Å². The number of nitrogens with zero attached hydrogens (tertiary/aromatic N) is 1. The van der Waals surface area contributed by atoms with Gasteiger partial charge in [0, 0.05) is 25.1 Å². The molecule has 2 nitrogen and oxygen atoms in total. The third kappa shape index (κ3) is 4.06. The summed E-state index contributed by atoms with van der Waals surface area (Å²) >= 11 is 0.